The summed E-state index contributed by atoms with van der Waals surface area (Å²) in [4.78, 5) is 42.6. The van der Waals surface area contributed by atoms with Gasteiger partial charge in [0.1, 0.15) is 6.04 Å². The van der Waals surface area contributed by atoms with E-state index in [1.807, 2.05) is 0 Å². The minimum Gasteiger partial charge on any atom is -0.480 e. The van der Waals surface area contributed by atoms with Crippen molar-refractivity contribution in [3.05, 3.63) is 0 Å². The molecule has 25 heavy (non-hydrogen) atoms. The van der Waals surface area contributed by atoms with Crippen LogP contribution in [0.1, 0.15) is 6.42 Å². The van der Waals surface area contributed by atoms with Gasteiger partial charge in [0, 0.05) is 59.0 Å². The Hall–Kier alpha value is -2.04. The summed E-state index contributed by atoms with van der Waals surface area (Å²) in [5, 5.41) is 27.5. The number of nitrogens with zero attached hydrogens (tertiary/aromatic N) is 4. The summed E-state index contributed by atoms with van der Waals surface area (Å²) >= 11 is 0. The van der Waals surface area contributed by atoms with Crippen LogP contribution >= 0.6 is 0 Å². The molecule has 10 nitrogen and oxygen atoms in total. The SMILES string of the molecule is CN=CCC(C(=O)O)N1CCN(CC(=O)O)CCN(CC(=O)O)CC1. The lowest BCUT2D eigenvalue weighted by Gasteiger charge is -2.29. The Morgan fingerprint density at radius 2 is 1.36 bits per heavy atom. The zero-order chi connectivity index (χ0) is 18.8. The molecule has 0 spiro atoms. The highest BCUT2D eigenvalue weighted by molar-refractivity contribution is 5.78. The first-order valence-corrected chi connectivity index (χ1v) is 8.09. The van der Waals surface area contributed by atoms with Gasteiger partial charge in [-0.2, -0.15) is 0 Å². The van der Waals surface area contributed by atoms with Crippen LogP contribution in [0.25, 0.3) is 0 Å². The molecule has 1 fully saturated rings. The van der Waals surface area contributed by atoms with Crippen LogP contribution in [0.4, 0.5) is 0 Å². The number of carboxylic acid groups (broad SMARTS) is 3. The van der Waals surface area contributed by atoms with E-state index in [0.29, 0.717) is 39.3 Å². The highest BCUT2D eigenvalue weighted by Gasteiger charge is 2.27. The number of rotatable bonds is 8. The number of aliphatic carboxylic acids is 3. The van der Waals surface area contributed by atoms with Crippen LogP contribution in [0, 0.1) is 0 Å². The van der Waals surface area contributed by atoms with Gasteiger partial charge in [0.2, 0.25) is 0 Å². The zero-order valence-electron chi connectivity index (χ0n) is 14.4. The maximum atomic E-state index is 11.6. The Bertz CT molecular complexity index is 470. The molecule has 1 saturated heterocycles. The Morgan fingerprint density at radius 3 is 1.72 bits per heavy atom. The number of aliphatic imine (C=N–C) groups is 1. The fraction of sp³-hybridized carbons (Fsp3) is 0.733. The first-order valence-electron chi connectivity index (χ1n) is 8.09. The number of carbonyl (C=O) groups is 3. The van der Waals surface area contributed by atoms with E-state index in [1.165, 1.54) is 6.21 Å². The van der Waals surface area contributed by atoms with Crippen LogP contribution in [-0.4, -0.2) is 120 Å². The van der Waals surface area contributed by atoms with E-state index >= 15 is 0 Å². The molecule has 0 aromatic heterocycles. The molecule has 1 aliphatic rings. The fourth-order valence-corrected chi connectivity index (χ4v) is 2.78. The van der Waals surface area contributed by atoms with Gasteiger partial charge < -0.3 is 20.3 Å². The van der Waals surface area contributed by atoms with E-state index in [0.717, 1.165) is 0 Å². The van der Waals surface area contributed by atoms with Crippen molar-refractivity contribution in [2.45, 2.75) is 12.5 Å². The summed E-state index contributed by atoms with van der Waals surface area (Å²) in [6, 6.07) is -0.778. The first-order chi connectivity index (χ1) is 11.8. The minimum atomic E-state index is -0.978. The van der Waals surface area contributed by atoms with E-state index in [2.05, 4.69) is 4.99 Å². The molecule has 1 rings (SSSR count). The molecule has 0 bridgehead atoms. The van der Waals surface area contributed by atoms with Gasteiger partial charge in [-0.25, -0.2) is 0 Å². The Kier molecular flexibility index (Phi) is 9.03. The van der Waals surface area contributed by atoms with Gasteiger partial charge in [-0.3, -0.25) is 29.1 Å². The minimum absolute atomic E-state index is 0.164. The molecule has 10 heteroatoms. The molecule has 1 atom stereocenters. The van der Waals surface area contributed by atoms with E-state index in [-0.39, 0.29) is 19.5 Å². The van der Waals surface area contributed by atoms with Crippen molar-refractivity contribution in [3.63, 3.8) is 0 Å². The van der Waals surface area contributed by atoms with Gasteiger partial charge in [-0.05, 0) is 0 Å². The van der Waals surface area contributed by atoms with Crippen LogP contribution in [0.5, 0.6) is 0 Å². The van der Waals surface area contributed by atoms with Crippen molar-refractivity contribution in [2.24, 2.45) is 4.99 Å². The summed E-state index contributed by atoms with van der Waals surface area (Å²) in [6.45, 7) is 2.10. The standard InChI is InChI=1S/C15H26N4O6/c1-16-3-2-12(15(24)25)19-8-6-17(10-13(20)21)4-5-18(7-9-19)11-14(22)23/h3,12H,2,4-11H2,1H3,(H,20,21)(H,22,23)(H,24,25). The lowest BCUT2D eigenvalue weighted by atomic mass is 10.1. The Labute approximate surface area is 146 Å². The second-order valence-corrected chi connectivity index (χ2v) is 5.91. The maximum absolute atomic E-state index is 11.6. The van der Waals surface area contributed by atoms with Crippen molar-refractivity contribution in [2.75, 3.05) is 59.4 Å². The van der Waals surface area contributed by atoms with Crippen molar-refractivity contribution in [3.8, 4) is 0 Å². The maximum Gasteiger partial charge on any atom is 0.321 e. The van der Waals surface area contributed by atoms with Crippen molar-refractivity contribution >= 4 is 24.1 Å². The molecule has 0 aliphatic carbocycles. The molecule has 0 saturated carbocycles. The molecule has 0 amide bonds. The summed E-state index contributed by atoms with van der Waals surface area (Å²) < 4.78 is 0. The van der Waals surface area contributed by atoms with E-state index < -0.39 is 23.9 Å². The largest absolute Gasteiger partial charge is 0.480 e. The van der Waals surface area contributed by atoms with Gasteiger partial charge in [0.05, 0.1) is 13.1 Å². The lowest BCUT2D eigenvalue weighted by Crippen LogP contribution is -2.47. The first kappa shape index (κ1) is 21.0. The quantitative estimate of drug-likeness (QED) is 0.449. The van der Waals surface area contributed by atoms with E-state index in [9.17, 15) is 19.5 Å². The van der Waals surface area contributed by atoms with Crippen molar-refractivity contribution in [1.29, 1.82) is 0 Å². The average molecular weight is 358 g/mol. The smallest absolute Gasteiger partial charge is 0.321 e. The van der Waals surface area contributed by atoms with Crippen LogP contribution in [-0.2, 0) is 14.4 Å². The van der Waals surface area contributed by atoms with E-state index in [4.69, 9.17) is 10.2 Å². The second-order valence-electron chi connectivity index (χ2n) is 5.91. The zero-order valence-corrected chi connectivity index (χ0v) is 14.4. The molecule has 1 aliphatic heterocycles. The number of hydrogen-bond donors (Lipinski definition) is 3. The molecular formula is C15H26N4O6. The predicted molar refractivity (Wildman–Crippen MR) is 90.2 cm³/mol. The van der Waals surface area contributed by atoms with Crippen molar-refractivity contribution < 1.29 is 29.7 Å². The summed E-state index contributed by atoms with van der Waals surface area (Å²) in [7, 11) is 1.57. The van der Waals surface area contributed by atoms with Crippen LogP contribution in [0.15, 0.2) is 4.99 Å². The summed E-state index contributed by atoms with van der Waals surface area (Å²) in [6.07, 6.45) is 1.78. The molecule has 3 N–H and O–H groups in total. The number of hydrogen-bond acceptors (Lipinski definition) is 7. The molecule has 0 aromatic rings. The molecular weight excluding hydrogens is 332 g/mol. The van der Waals surface area contributed by atoms with Crippen molar-refractivity contribution in [1.82, 2.24) is 14.7 Å². The van der Waals surface area contributed by atoms with Gasteiger partial charge in [0.25, 0.3) is 0 Å². The van der Waals surface area contributed by atoms with Gasteiger partial charge in [0.15, 0.2) is 0 Å². The average Bonchev–Trinajstić information content (AvgIpc) is 2.59. The normalized spacial score (nSPS) is 19.9. The van der Waals surface area contributed by atoms with Gasteiger partial charge in [-0.15, -0.1) is 0 Å². The third kappa shape index (κ3) is 8.05. The van der Waals surface area contributed by atoms with E-state index in [1.54, 1.807) is 21.7 Å². The van der Waals surface area contributed by atoms with Gasteiger partial charge >= 0.3 is 17.9 Å². The molecule has 0 radical (unpaired) electrons. The molecule has 0 aromatic carbocycles. The van der Waals surface area contributed by atoms with Gasteiger partial charge in [-0.1, -0.05) is 0 Å². The van der Waals surface area contributed by atoms with Crippen LogP contribution < -0.4 is 0 Å². The highest BCUT2D eigenvalue weighted by atomic mass is 16.4. The molecule has 1 unspecified atom stereocenters. The number of carboxylic acids is 3. The molecule has 1 heterocycles. The Balaban J connectivity index is 2.90. The summed E-state index contributed by atoms with van der Waals surface area (Å²) in [5.74, 6) is -2.92. The monoisotopic (exact) mass is 358 g/mol. The Morgan fingerprint density at radius 1 is 0.920 bits per heavy atom. The fourth-order valence-electron chi connectivity index (χ4n) is 2.78. The summed E-state index contributed by atoms with van der Waals surface area (Å²) in [5.41, 5.74) is 0. The predicted octanol–water partition coefficient (Wildman–Crippen LogP) is -1.38. The molecule has 142 valence electrons. The lowest BCUT2D eigenvalue weighted by molar-refractivity contribution is -0.144. The highest BCUT2D eigenvalue weighted by Crippen LogP contribution is 2.08. The third-order valence-electron chi connectivity index (χ3n) is 4.09. The van der Waals surface area contributed by atoms with Crippen LogP contribution in [0.2, 0.25) is 0 Å². The third-order valence-corrected chi connectivity index (χ3v) is 4.09. The topological polar surface area (TPSA) is 134 Å². The van der Waals surface area contributed by atoms with Crippen LogP contribution in [0.3, 0.4) is 0 Å². The second kappa shape index (κ2) is 10.7.